The number of nitrogens with two attached hydrogens (primary N) is 1. The summed E-state index contributed by atoms with van der Waals surface area (Å²) in [4.78, 5) is 6.53. The van der Waals surface area contributed by atoms with Crippen LogP contribution in [0.5, 0.6) is 0 Å². The lowest BCUT2D eigenvalue weighted by Gasteiger charge is -2.26. The number of rotatable bonds is 4. The standard InChI is InChI=1S/C15H16FN3S/c1-10(12-5-3-4-6-13(12)16)19(2)14-8-7-11(9-18-14)15(17)20/h3-10H,1-2H3,(H2,17,20). The van der Waals surface area contributed by atoms with Crippen molar-refractivity contribution in [3.05, 3.63) is 59.5 Å². The van der Waals surface area contributed by atoms with Crippen molar-refractivity contribution in [2.24, 2.45) is 5.73 Å². The van der Waals surface area contributed by atoms with Crippen molar-refractivity contribution in [1.82, 2.24) is 4.98 Å². The van der Waals surface area contributed by atoms with E-state index in [0.29, 0.717) is 10.6 Å². The summed E-state index contributed by atoms with van der Waals surface area (Å²) in [5.74, 6) is 0.521. The molecule has 0 fully saturated rings. The molecule has 3 nitrogen and oxygen atoms in total. The van der Waals surface area contributed by atoms with Crippen LogP contribution in [0.1, 0.15) is 24.1 Å². The lowest BCUT2D eigenvalue weighted by molar-refractivity contribution is 0.584. The van der Waals surface area contributed by atoms with Crippen molar-refractivity contribution >= 4 is 23.0 Å². The number of thiocarbonyl (C=S) groups is 1. The second-order valence-corrected chi connectivity index (χ2v) is 5.02. The molecule has 0 amide bonds. The molecule has 0 bridgehead atoms. The van der Waals surface area contributed by atoms with Crippen molar-refractivity contribution in [1.29, 1.82) is 0 Å². The minimum Gasteiger partial charge on any atom is -0.389 e. The van der Waals surface area contributed by atoms with Gasteiger partial charge in [0.05, 0.1) is 6.04 Å². The Morgan fingerprint density at radius 3 is 2.55 bits per heavy atom. The van der Waals surface area contributed by atoms with Crippen molar-refractivity contribution in [2.75, 3.05) is 11.9 Å². The highest BCUT2D eigenvalue weighted by Gasteiger charge is 2.16. The van der Waals surface area contributed by atoms with Crippen LogP contribution in [-0.4, -0.2) is 17.0 Å². The summed E-state index contributed by atoms with van der Waals surface area (Å²) in [5, 5.41) is 0. The molecule has 5 heteroatoms. The number of hydrogen-bond donors (Lipinski definition) is 1. The number of hydrogen-bond acceptors (Lipinski definition) is 3. The average molecular weight is 289 g/mol. The molecule has 104 valence electrons. The number of anilines is 1. The molecule has 2 rings (SSSR count). The molecule has 1 aromatic heterocycles. The van der Waals surface area contributed by atoms with E-state index in [1.54, 1.807) is 18.3 Å². The summed E-state index contributed by atoms with van der Waals surface area (Å²) >= 11 is 4.89. The Balaban J connectivity index is 2.24. The fourth-order valence-corrected chi connectivity index (χ4v) is 2.08. The number of aromatic nitrogens is 1. The first-order chi connectivity index (χ1) is 9.50. The van der Waals surface area contributed by atoms with Gasteiger partial charge >= 0.3 is 0 Å². The van der Waals surface area contributed by atoms with Gasteiger partial charge in [0.1, 0.15) is 16.6 Å². The van der Waals surface area contributed by atoms with Crippen LogP contribution in [0.3, 0.4) is 0 Å². The average Bonchev–Trinajstić information content (AvgIpc) is 2.46. The first-order valence-corrected chi connectivity index (χ1v) is 6.64. The molecule has 2 aromatic rings. The zero-order valence-electron chi connectivity index (χ0n) is 11.4. The first kappa shape index (κ1) is 14.4. The van der Waals surface area contributed by atoms with Gasteiger partial charge in [0.15, 0.2) is 0 Å². The molecule has 20 heavy (non-hydrogen) atoms. The third kappa shape index (κ3) is 2.93. The van der Waals surface area contributed by atoms with E-state index in [9.17, 15) is 4.39 Å². The van der Waals surface area contributed by atoms with Gasteiger partial charge < -0.3 is 10.6 Å². The van der Waals surface area contributed by atoms with Crippen molar-refractivity contribution in [3.63, 3.8) is 0 Å². The van der Waals surface area contributed by atoms with Gasteiger partial charge in [-0.1, -0.05) is 30.4 Å². The summed E-state index contributed by atoms with van der Waals surface area (Å²) in [6.45, 7) is 1.93. The Morgan fingerprint density at radius 1 is 1.30 bits per heavy atom. The normalized spacial score (nSPS) is 11.9. The van der Waals surface area contributed by atoms with Gasteiger partial charge in [-0.25, -0.2) is 9.37 Å². The maximum atomic E-state index is 13.8. The largest absolute Gasteiger partial charge is 0.389 e. The highest BCUT2D eigenvalue weighted by atomic mass is 32.1. The highest BCUT2D eigenvalue weighted by molar-refractivity contribution is 7.80. The summed E-state index contributed by atoms with van der Waals surface area (Å²) in [6.07, 6.45) is 1.63. The molecule has 1 aromatic carbocycles. The van der Waals surface area contributed by atoms with E-state index >= 15 is 0 Å². The third-order valence-corrected chi connectivity index (χ3v) is 3.57. The minimum absolute atomic E-state index is 0.126. The van der Waals surface area contributed by atoms with Crippen LogP contribution < -0.4 is 10.6 Å². The Hall–Kier alpha value is -2.01. The maximum Gasteiger partial charge on any atom is 0.128 e. The summed E-state index contributed by atoms with van der Waals surface area (Å²) in [6, 6.07) is 10.3. The maximum absolute atomic E-state index is 13.8. The Kier molecular flexibility index (Phi) is 4.29. The molecule has 0 aliphatic rings. The second kappa shape index (κ2) is 5.96. The third-order valence-electron chi connectivity index (χ3n) is 3.33. The van der Waals surface area contributed by atoms with Gasteiger partial charge in [-0.2, -0.15) is 0 Å². The molecule has 0 radical (unpaired) electrons. The number of nitrogens with zero attached hydrogens (tertiary/aromatic N) is 2. The summed E-state index contributed by atoms with van der Waals surface area (Å²) < 4.78 is 13.8. The van der Waals surface area contributed by atoms with E-state index in [1.165, 1.54) is 6.07 Å². The lowest BCUT2D eigenvalue weighted by Crippen LogP contribution is -2.23. The second-order valence-electron chi connectivity index (χ2n) is 4.58. The molecule has 0 saturated heterocycles. The van der Waals surface area contributed by atoms with E-state index in [-0.39, 0.29) is 11.9 Å². The zero-order chi connectivity index (χ0) is 14.7. The monoisotopic (exact) mass is 289 g/mol. The van der Waals surface area contributed by atoms with Gasteiger partial charge in [0, 0.05) is 24.4 Å². The van der Waals surface area contributed by atoms with Crippen LogP contribution in [0.2, 0.25) is 0 Å². The quantitative estimate of drug-likeness (QED) is 0.878. The van der Waals surface area contributed by atoms with Crippen molar-refractivity contribution in [2.45, 2.75) is 13.0 Å². The van der Waals surface area contributed by atoms with Crippen molar-refractivity contribution in [3.8, 4) is 0 Å². The van der Waals surface area contributed by atoms with E-state index in [2.05, 4.69) is 4.98 Å². The summed E-state index contributed by atoms with van der Waals surface area (Å²) in [7, 11) is 1.87. The van der Waals surface area contributed by atoms with Gasteiger partial charge in [-0.3, -0.25) is 0 Å². The molecule has 2 N–H and O–H groups in total. The zero-order valence-corrected chi connectivity index (χ0v) is 12.2. The van der Waals surface area contributed by atoms with Gasteiger partial charge in [0.25, 0.3) is 0 Å². The van der Waals surface area contributed by atoms with Gasteiger partial charge in [-0.15, -0.1) is 0 Å². The van der Waals surface area contributed by atoms with Crippen LogP contribution in [-0.2, 0) is 0 Å². The number of halogens is 1. The number of pyridine rings is 1. The molecule has 0 aliphatic carbocycles. The molecule has 0 spiro atoms. The smallest absolute Gasteiger partial charge is 0.128 e. The molecule has 1 heterocycles. The topological polar surface area (TPSA) is 42.1 Å². The predicted molar refractivity (Wildman–Crippen MR) is 83.3 cm³/mol. The molecular weight excluding hydrogens is 273 g/mol. The van der Waals surface area contributed by atoms with Crippen LogP contribution in [0.15, 0.2) is 42.6 Å². The van der Waals surface area contributed by atoms with E-state index in [1.807, 2.05) is 37.1 Å². The van der Waals surface area contributed by atoms with E-state index in [4.69, 9.17) is 18.0 Å². The molecular formula is C15H16FN3S. The molecule has 1 atom stereocenters. The fourth-order valence-electron chi connectivity index (χ4n) is 1.96. The van der Waals surface area contributed by atoms with E-state index < -0.39 is 0 Å². The number of benzene rings is 1. The predicted octanol–water partition coefficient (Wildman–Crippen LogP) is 3.05. The van der Waals surface area contributed by atoms with Crippen LogP contribution in [0, 0.1) is 5.82 Å². The highest BCUT2D eigenvalue weighted by Crippen LogP contribution is 2.25. The Morgan fingerprint density at radius 2 is 2.00 bits per heavy atom. The van der Waals surface area contributed by atoms with Crippen LogP contribution in [0.25, 0.3) is 0 Å². The van der Waals surface area contributed by atoms with Crippen LogP contribution in [0.4, 0.5) is 10.2 Å². The molecule has 0 saturated carbocycles. The fraction of sp³-hybridized carbons (Fsp3) is 0.200. The first-order valence-electron chi connectivity index (χ1n) is 6.24. The SMILES string of the molecule is CC(c1ccccc1F)N(C)c1ccc(C(N)=S)cn1. The van der Waals surface area contributed by atoms with Crippen molar-refractivity contribution < 1.29 is 4.39 Å². The van der Waals surface area contributed by atoms with Crippen LogP contribution >= 0.6 is 12.2 Å². The minimum atomic E-state index is -0.216. The molecule has 1 unspecified atom stereocenters. The van der Waals surface area contributed by atoms with Gasteiger partial charge in [0.2, 0.25) is 0 Å². The van der Waals surface area contributed by atoms with Gasteiger partial charge in [-0.05, 0) is 25.1 Å². The molecule has 0 aliphatic heterocycles. The Bertz CT molecular complexity index is 613. The summed E-state index contributed by atoms with van der Waals surface area (Å²) in [5.41, 5.74) is 6.89. The Labute approximate surface area is 123 Å². The van der Waals surface area contributed by atoms with E-state index in [0.717, 1.165) is 11.4 Å². The lowest BCUT2D eigenvalue weighted by atomic mass is 10.1.